The number of nitrogens with zero attached hydrogens (tertiary/aromatic N) is 3. The number of benzene rings is 2. The first-order valence-electron chi connectivity index (χ1n) is 9.69. The van der Waals surface area contributed by atoms with Crippen LogP contribution < -0.4 is 10.1 Å². The second kappa shape index (κ2) is 8.77. The third kappa shape index (κ3) is 4.11. The Hall–Kier alpha value is -3.39. The number of fused-ring (bicyclic) bond motifs is 1. The Kier molecular flexibility index (Phi) is 5.90. The minimum Gasteiger partial charge on any atom is -0.489 e. The third-order valence-corrected chi connectivity index (χ3v) is 5.28. The van der Waals surface area contributed by atoms with Crippen LogP contribution in [-0.4, -0.2) is 27.3 Å². The molecule has 0 bridgehead atoms. The lowest BCUT2D eigenvalue weighted by Crippen LogP contribution is -2.29. The summed E-state index contributed by atoms with van der Waals surface area (Å²) in [5, 5.41) is 7.67. The fraction of sp³-hybridized carbons (Fsp3) is 0.227. The van der Waals surface area contributed by atoms with Gasteiger partial charge in [-0.05, 0) is 43.7 Å². The van der Waals surface area contributed by atoms with Crippen LogP contribution in [-0.2, 0) is 16.1 Å². The summed E-state index contributed by atoms with van der Waals surface area (Å²) in [4.78, 5) is 16.9. The third-order valence-electron chi connectivity index (χ3n) is 4.93. The largest absolute Gasteiger partial charge is 0.489 e. The molecule has 1 aliphatic rings. The van der Waals surface area contributed by atoms with E-state index in [0.717, 1.165) is 5.56 Å². The van der Waals surface area contributed by atoms with Gasteiger partial charge in [0.05, 0.1) is 17.2 Å². The number of anilines is 1. The summed E-state index contributed by atoms with van der Waals surface area (Å²) in [6.45, 7) is 3.82. The van der Waals surface area contributed by atoms with E-state index in [0.29, 0.717) is 33.6 Å². The number of esters is 1. The van der Waals surface area contributed by atoms with Crippen LogP contribution in [0.3, 0.4) is 0 Å². The molecule has 0 saturated heterocycles. The Labute approximate surface area is 183 Å². The van der Waals surface area contributed by atoms with Gasteiger partial charge in [0.2, 0.25) is 5.95 Å². The SMILES string of the molecule is CCOC(=O)C1=C(C)Nc2ncnn2C1c1ccc(OCc2c(F)cccc2Cl)cc1. The van der Waals surface area contributed by atoms with Crippen molar-refractivity contribution in [2.45, 2.75) is 26.5 Å². The van der Waals surface area contributed by atoms with Crippen molar-refractivity contribution in [2.75, 3.05) is 11.9 Å². The van der Waals surface area contributed by atoms with E-state index in [-0.39, 0.29) is 13.2 Å². The molecule has 4 rings (SSSR count). The first-order valence-corrected chi connectivity index (χ1v) is 10.1. The van der Waals surface area contributed by atoms with Crippen molar-refractivity contribution in [3.8, 4) is 5.75 Å². The molecule has 2 aromatic carbocycles. The summed E-state index contributed by atoms with van der Waals surface area (Å²) < 4.78 is 26.6. The average molecular weight is 443 g/mol. The van der Waals surface area contributed by atoms with Crippen LogP contribution in [0.1, 0.15) is 31.0 Å². The molecule has 0 radical (unpaired) electrons. The minimum atomic E-state index is -0.507. The topological polar surface area (TPSA) is 78.3 Å². The Morgan fingerprint density at radius 2 is 2.03 bits per heavy atom. The number of hydrogen-bond acceptors (Lipinski definition) is 6. The van der Waals surface area contributed by atoms with Crippen molar-refractivity contribution in [1.29, 1.82) is 0 Å². The number of hydrogen-bond donors (Lipinski definition) is 1. The maximum absolute atomic E-state index is 14.0. The number of allylic oxidation sites excluding steroid dienone is 1. The van der Waals surface area contributed by atoms with E-state index < -0.39 is 17.8 Å². The van der Waals surface area contributed by atoms with E-state index in [1.54, 1.807) is 42.8 Å². The predicted molar refractivity (Wildman–Crippen MR) is 113 cm³/mol. The minimum absolute atomic E-state index is 0.00148. The van der Waals surface area contributed by atoms with Crippen molar-refractivity contribution >= 4 is 23.5 Å². The summed E-state index contributed by atoms with van der Waals surface area (Å²) >= 11 is 6.05. The summed E-state index contributed by atoms with van der Waals surface area (Å²) in [6.07, 6.45) is 1.42. The number of aromatic nitrogens is 3. The van der Waals surface area contributed by atoms with Crippen LogP contribution >= 0.6 is 11.6 Å². The Bertz CT molecular complexity index is 1120. The van der Waals surface area contributed by atoms with Crippen molar-refractivity contribution in [3.63, 3.8) is 0 Å². The van der Waals surface area contributed by atoms with Gasteiger partial charge in [0.15, 0.2) is 0 Å². The highest BCUT2D eigenvalue weighted by Gasteiger charge is 2.34. The highest BCUT2D eigenvalue weighted by Crippen LogP contribution is 2.35. The fourth-order valence-corrected chi connectivity index (χ4v) is 3.66. The summed E-state index contributed by atoms with van der Waals surface area (Å²) in [5.74, 6) is 0.227. The van der Waals surface area contributed by atoms with Crippen molar-refractivity contribution < 1.29 is 18.7 Å². The van der Waals surface area contributed by atoms with Gasteiger partial charge in [0.1, 0.15) is 30.5 Å². The van der Waals surface area contributed by atoms with Crippen LogP contribution in [0.2, 0.25) is 5.02 Å². The van der Waals surface area contributed by atoms with Gasteiger partial charge in [-0.3, -0.25) is 0 Å². The Morgan fingerprint density at radius 1 is 1.26 bits per heavy atom. The van der Waals surface area contributed by atoms with E-state index in [2.05, 4.69) is 15.4 Å². The zero-order valence-electron chi connectivity index (χ0n) is 16.9. The van der Waals surface area contributed by atoms with Gasteiger partial charge in [-0.15, -0.1) is 0 Å². The van der Waals surface area contributed by atoms with E-state index in [1.165, 1.54) is 12.4 Å². The van der Waals surface area contributed by atoms with Crippen molar-refractivity contribution in [1.82, 2.24) is 14.8 Å². The molecular formula is C22H20ClFN4O3. The van der Waals surface area contributed by atoms with Gasteiger partial charge in [-0.2, -0.15) is 10.1 Å². The number of halogens is 2. The van der Waals surface area contributed by atoms with Gasteiger partial charge >= 0.3 is 5.97 Å². The molecule has 1 aliphatic heterocycles. The monoisotopic (exact) mass is 442 g/mol. The van der Waals surface area contributed by atoms with E-state index in [9.17, 15) is 9.18 Å². The van der Waals surface area contributed by atoms with Crippen LogP contribution in [0.15, 0.2) is 60.1 Å². The molecule has 0 amide bonds. The maximum Gasteiger partial charge on any atom is 0.338 e. The first-order chi connectivity index (χ1) is 15.0. The van der Waals surface area contributed by atoms with Gasteiger partial charge in [-0.25, -0.2) is 13.9 Å². The van der Waals surface area contributed by atoms with E-state index in [1.807, 2.05) is 12.1 Å². The number of nitrogens with one attached hydrogen (secondary N) is 1. The number of ether oxygens (including phenoxy) is 2. The molecule has 160 valence electrons. The number of rotatable bonds is 6. The highest BCUT2D eigenvalue weighted by molar-refractivity contribution is 6.31. The molecule has 9 heteroatoms. The predicted octanol–water partition coefficient (Wildman–Crippen LogP) is 4.50. The van der Waals surface area contributed by atoms with Crippen LogP contribution in [0.5, 0.6) is 5.75 Å². The summed E-state index contributed by atoms with van der Waals surface area (Å²) in [5.41, 5.74) is 2.19. The molecule has 31 heavy (non-hydrogen) atoms. The van der Waals surface area contributed by atoms with Crippen molar-refractivity contribution in [3.05, 3.63) is 82.0 Å². The highest BCUT2D eigenvalue weighted by atomic mass is 35.5. The smallest absolute Gasteiger partial charge is 0.338 e. The summed E-state index contributed by atoms with van der Waals surface area (Å²) in [7, 11) is 0. The lowest BCUT2D eigenvalue weighted by molar-refractivity contribution is -0.139. The molecule has 0 aliphatic carbocycles. The Morgan fingerprint density at radius 3 is 2.74 bits per heavy atom. The molecule has 0 fully saturated rings. The lowest BCUT2D eigenvalue weighted by Gasteiger charge is -2.28. The molecule has 0 spiro atoms. The molecule has 1 aromatic heterocycles. The molecule has 1 atom stereocenters. The normalized spacial score (nSPS) is 15.3. The molecule has 1 N–H and O–H groups in total. The molecule has 1 unspecified atom stereocenters. The quantitative estimate of drug-likeness (QED) is 0.566. The van der Waals surface area contributed by atoms with Gasteiger partial charge in [0, 0.05) is 11.3 Å². The van der Waals surface area contributed by atoms with Crippen LogP contribution in [0.4, 0.5) is 10.3 Å². The summed E-state index contributed by atoms with van der Waals surface area (Å²) in [6, 6.07) is 11.1. The van der Waals surface area contributed by atoms with Crippen LogP contribution in [0, 0.1) is 5.82 Å². The second-order valence-corrected chi connectivity index (χ2v) is 7.28. The second-order valence-electron chi connectivity index (χ2n) is 6.87. The molecule has 7 nitrogen and oxygen atoms in total. The molecule has 0 saturated carbocycles. The van der Waals surface area contributed by atoms with Gasteiger partial charge < -0.3 is 14.8 Å². The van der Waals surface area contributed by atoms with Crippen molar-refractivity contribution in [2.24, 2.45) is 0 Å². The van der Waals surface area contributed by atoms with Gasteiger partial charge in [-0.1, -0.05) is 29.8 Å². The Balaban J connectivity index is 1.60. The molecule has 2 heterocycles. The number of carbonyl (C=O) groups is 1. The fourth-order valence-electron chi connectivity index (χ4n) is 3.44. The standard InChI is InChI=1S/C22H20ClFN4O3/c1-3-30-21(29)19-13(2)27-22-25-12-26-28(22)20(19)14-7-9-15(10-8-14)31-11-16-17(23)5-4-6-18(16)24/h4-10,12,20H,3,11H2,1-2H3,(H,25,26,27). The first kappa shape index (κ1) is 20.9. The average Bonchev–Trinajstić information content (AvgIpc) is 3.21. The number of carbonyl (C=O) groups excluding carboxylic acids is 1. The lowest BCUT2D eigenvalue weighted by atomic mass is 9.96. The maximum atomic E-state index is 14.0. The van der Waals surface area contributed by atoms with Gasteiger partial charge in [0.25, 0.3) is 0 Å². The van der Waals surface area contributed by atoms with E-state index in [4.69, 9.17) is 21.1 Å². The molecular weight excluding hydrogens is 423 g/mol. The van der Waals surface area contributed by atoms with E-state index >= 15 is 0 Å². The zero-order chi connectivity index (χ0) is 22.0. The zero-order valence-corrected chi connectivity index (χ0v) is 17.7. The molecule has 3 aromatic rings. The van der Waals surface area contributed by atoms with Crippen LogP contribution in [0.25, 0.3) is 0 Å².